The molecule has 15 nitrogen and oxygen atoms in total. The van der Waals surface area contributed by atoms with Gasteiger partial charge in [0.05, 0.1) is 16.9 Å². The number of benzene rings is 1. The van der Waals surface area contributed by atoms with Gasteiger partial charge in [0, 0.05) is 0 Å². The summed E-state index contributed by atoms with van der Waals surface area (Å²) in [5.41, 5.74) is -1.31. The van der Waals surface area contributed by atoms with E-state index in [1.165, 1.54) is 24.3 Å². The molecule has 1 aromatic rings. The average Bonchev–Trinajstić information content (AvgIpc) is 2.60. The zero-order valence-corrected chi connectivity index (χ0v) is 15.1. The topological polar surface area (TPSA) is 200 Å². The van der Waals surface area contributed by atoms with Crippen molar-refractivity contribution in [2.24, 2.45) is 5.41 Å². The lowest BCUT2D eigenvalue weighted by atomic mass is 9.93. The van der Waals surface area contributed by atoms with Crippen molar-refractivity contribution in [3.63, 3.8) is 0 Å². The average molecular weight is 425 g/mol. The summed E-state index contributed by atoms with van der Waals surface area (Å²) in [4.78, 5) is 43.4. The van der Waals surface area contributed by atoms with Crippen molar-refractivity contribution < 1.29 is 42.4 Å². The quantitative estimate of drug-likeness (QED) is 0.238. The first-order chi connectivity index (χ1) is 13.0. The Labute approximate surface area is 157 Å². The van der Waals surface area contributed by atoms with Gasteiger partial charge in [-0.2, -0.15) is 8.42 Å². The molecule has 0 atom stereocenters. The Morgan fingerprint density at radius 3 is 1.57 bits per heavy atom. The van der Waals surface area contributed by atoms with E-state index in [0.717, 1.165) is 5.56 Å². The van der Waals surface area contributed by atoms with Gasteiger partial charge in [-0.05, 0) is 19.1 Å². The fourth-order valence-corrected chi connectivity index (χ4v) is 2.81. The minimum Gasteiger partial charge on any atom is -0.313 e. The van der Waals surface area contributed by atoms with E-state index in [4.69, 9.17) is 4.18 Å². The molecule has 0 unspecified atom stereocenters. The molecule has 0 aliphatic rings. The highest BCUT2D eigenvalue weighted by Gasteiger charge is 2.38. The summed E-state index contributed by atoms with van der Waals surface area (Å²) >= 11 is 0. The first kappa shape index (κ1) is 22.8. The molecule has 0 aliphatic heterocycles. The molecule has 0 saturated heterocycles. The molecule has 0 aliphatic carbocycles. The summed E-state index contributed by atoms with van der Waals surface area (Å²) in [5.74, 6) is 0. The largest absolute Gasteiger partial charge is 0.313 e. The monoisotopic (exact) mass is 425 g/mol. The molecule has 0 fully saturated rings. The molecule has 0 radical (unpaired) electrons. The predicted octanol–water partition coefficient (Wildman–Crippen LogP) is 0.312. The van der Waals surface area contributed by atoms with Crippen LogP contribution in [0.5, 0.6) is 0 Å². The van der Waals surface area contributed by atoms with Gasteiger partial charge >= 0.3 is 0 Å². The smallest absolute Gasteiger partial charge is 0.296 e. The predicted molar refractivity (Wildman–Crippen MR) is 85.6 cm³/mol. The number of rotatable bonds is 13. The van der Waals surface area contributed by atoms with Crippen LogP contribution in [0.4, 0.5) is 0 Å². The van der Waals surface area contributed by atoms with Crippen molar-refractivity contribution in [3.05, 3.63) is 60.2 Å². The maximum atomic E-state index is 12.3. The van der Waals surface area contributed by atoms with Gasteiger partial charge in [0.1, 0.15) is 19.8 Å². The highest BCUT2D eigenvalue weighted by Crippen LogP contribution is 2.24. The molecule has 0 saturated carbocycles. The van der Waals surface area contributed by atoms with Crippen molar-refractivity contribution in [1.29, 1.82) is 0 Å². The van der Waals surface area contributed by atoms with Crippen LogP contribution in [0.3, 0.4) is 0 Å². The second-order valence-corrected chi connectivity index (χ2v) is 7.14. The summed E-state index contributed by atoms with van der Waals surface area (Å²) in [7, 11) is -4.40. The number of hydrogen-bond donors (Lipinski definition) is 0. The molecule has 0 aromatic heterocycles. The summed E-state index contributed by atoms with van der Waals surface area (Å²) in [6, 6.07) is 5.40. The van der Waals surface area contributed by atoms with Crippen LogP contribution in [0, 0.1) is 42.7 Å². The Balaban J connectivity index is 3.08. The zero-order valence-electron chi connectivity index (χ0n) is 14.3. The van der Waals surface area contributed by atoms with E-state index in [9.17, 15) is 38.8 Å². The maximum Gasteiger partial charge on any atom is 0.296 e. The van der Waals surface area contributed by atoms with Crippen molar-refractivity contribution in [3.8, 4) is 0 Å². The van der Waals surface area contributed by atoms with Gasteiger partial charge in [-0.15, -0.1) is 30.3 Å². The van der Waals surface area contributed by atoms with E-state index in [1.807, 2.05) is 0 Å². The summed E-state index contributed by atoms with van der Waals surface area (Å²) < 4.78 is 29.3. The van der Waals surface area contributed by atoms with E-state index in [-0.39, 0.29) is 4.90 Å². The van der Waals surface area contributed by atoms with Gasteiger partial charge in [0.2, 0.25) is 0 Å². The molecule has 0 spiro atoms. The van der Waals surface area contributed by atoms with Gasteiger partial charge in [0.25, 0.3) is 25.4 Å². The van der Waals surface area contributed by atoms with Crippen molar-refractivity contribution in [2.75, 3.05) is 26.4 Å². The summed E-state index contributed by atoms with van der Waals surface area (Å²) in [6.45, 7) is -2.40. The van der Waals surface area contributed by atoms with Crippen LogP contribution in [0.25, 0.3) is 0 Å². The highest BCUT2D eigenvalue weighted by molar-refractivity contribution is 7.86. The third-order valence-corrected chi connectivity index (χ3v) is 4.54. The fraction of sp³-hybridized carbons (Fsp3) is 0.500. The second-order valence-electron chi connectivity index (χ2n) is 5.52. The summed E-state index contributed by atoms with van der Waals surface area (Å²) in [5, 5.41) is 27.5. The van der Waals surface area contributed by atoms with Crippen molar-refractivity contribution >= 4 is 10.1 Å². The Bertz CT molecular complexity index is 764. The third-order valence-electron chi connectivity index (χ3n) is 3.26. The lowest BCUT2D eigenvalue weighted by Gasteiger charge is -2.29. The lowest BCUT2D eigenvalue weighted by Crippen LogP contribution is -2.43. The minimum atomic E-state index is -4.40. The first-order valence-electron chi connectivity index (χ1n) is 7.24. The van der Waals surface area contributed by atoms with Crippen molar-refractivity contribution in [2.45, 2.75) is 11.8 Å². The van der Waals surface area contributed by atoms with Crippen LogP contribution in [-0.4, -0.2) is 50.1 Å². The molecule has 16 heteroatoms. The van der Waals surface area contributed by atoms with Gasteiger partial charge in [-0.25, -0.2) is 0 Å². The van der Waals surface area contributed by atoms with Crippen LogP contribution in [0.1, 0.15) is 5.56 Å². The van der Waals surface area contributed by atoms with Gasteiger partial charge in [-0.3, -0.25) is 4.18 Å². The Morgan fingerprint density at radius 1 is 0.821 bits per heavy atom. The van der Waals surface area contributed by atoms with Crippen LogP contribution in [0.15, 0.2) is 29.2 Å². The molecule has 0 bridgehead atoms. The third kappa shape index (κ3) is 7.54. The first-order valence-corrected chi connectivity index (χ1v) is 8.65. The molecule has 0 N–H and O–H groups in total. The van der Waals surface area contributed by atoms with Crippen LogP contribution < -0.4 is 0 Å². The van der Waals surface area contributed by atoms with Crippen LogP contribution >= 0.6 is 0 Å². The van der Waals surface area contributed by atoms with Crippen LogP contribution in [0.2, 0.25) is 0 Å². The lowest BCUT2D eigenvalue weighted by molar-refractivity contribution is -0.782. The number of aryl methyl sites for hydroxylation is 1. The van der Waals surface area contributed by atoms with E-state index in [2.05, 4.69) is 14.5 Å². The molecule has 1 aromatic carbocycles. The molecular formula is C12H15N3O12S. The van der Waals surface area contributed by atoms with Gasteiger partial charge in [-0.1, -0.05) is 17.7 Å². The van der Waals surface area contributed by atoms with E-state index >= 15 is 0 Å². The molecule has 28 heavy (non-hydrogen) atoms. The van der Waals surface area contributed by atoms with Crippen molar-refractivity contribution in [1.82, 2.24) is 0 Å². The SMILES string of the molecule is Cc1ccc(S(=O)(=O)OCC(CO[N+](=O)[O-])(CO[N+](=O)[O-])CO[N+](=O)[O-])cc1. The number of hydrogen-bond acceptors (Lipinski definition) is 12. The minimum absolute atomic E-state index is 0.271. The Hall–Kier alpha value is -3.27. The van der Waals surface area contributed by atoms with E-state index in [1.54, 1.807) is 6.92 Å². The second kappa shape index (κ2) is 9.60. The Kier molecular flexibility index (Phi) is 7.81. The molecule has 156 valence electrons. The fourth-order valence-electron chi connectivity index (χ4n) is 1.79. The standard InChI is InChI=1S/C12H15N3O12S/c1-10-2-4-11(5-3-10)28(22,23)27-9-12(6-24-13(16)17,7-25-14(18)19)8-26-15(20)21/h2-5H,6-9H2,1H3. The maximum absolute atomic E-state index is 12.3. The molecular weight excluding hydrogens is 410 g/mol. The zero-order chi connectivity index (χ0) is 21.4. The van der Waals surface area contributed by atoms with Crippen LogP contribution in [-0.2, 0) is 28.8 Å². The van der Waals surface area contributed by atoms with Gasteiger partial charge < -0.3 is 14.5 Å². The highest BCUT2D eigenvalue weighted by atomic mass is 32.2. The van der Waals surface area contributed by atoms with E-state index in [0.29, 0.717) is 0 Å². The molecule has 0 heterocycles. The van der Waals surface area contributed by atoms with E-state index < -0.39 is 57.2 Å². The van der Waals surface area contributed by atoms with Gasteiger partial charge in [0.15, 0.2) is 0 Å². The summed E-state index contributed by atoms with van der Waals surface area (Å²) in [6.07, 6.45) is 0. The molecule has 1 rings (SSSR count). The number of nitrogens with zero attached hydrogens (tertiary/aromatic N) is 3. The molecule has 0 amide bonds. The normalized spacial score (nSPS) is 11.5. The Morgan fingerprint density at radius 2 is 1.21 bits per heavy atom.